The normalized spacial score (nSPS) is 23.5. The van der Waals surface area contributed by atoms with Gasteiger partial charge in [-0.3, -0.25) is 19.6 Å². The van der Waals surface area contributed by atoms with E-state index in [9.17, 15) is 9.59 Å². The van der Waals surface area contributed by atoms with Crippen molar-refractivity contribution >= 4 is 40.0 Å². The Bertz CT molecular complexity index is 2120. The van der Waals surface area contributed by atoms with Crippen LogP contribution in [0, 0.1) is 5.82 Å². The number of ether oxygens (including phenoxy) is 4. The molecule has 4 aromatic rings. The number of carbonyl (C=O) groups excluding carboxylic acids is 2. The third-order valence-electron chi connectivity index (χ3n) is 12.5. The minimum Gasteiger partial charge on any atom is -0.461 e. The van der Waals surface area contributed by atoms with Crippen LogP contribution in [0.3, 0.4) is 0 Å². The van der Waals surface area contributed by atoms with Crippen LogP contribution in [0.2, 0.25) is 0 Å². The average Bonchev–Trinajstić information content (AvgIpc) is 3.78. The number of benzene rings is 2. The molecule has 4 fully saturated rings. The Kier molecular flexibility index (Phi) is 11.2. The van der Waals surface area contributed by atoms with Gasteiger partial charge in [0.1, 0.15) is 29.4 Å². The summed E-state index contributed by atoms with van der Waals surface area (Å²) in [6.45, 7) is 10.9. The molecule has 3 atom stereocenters. The van der Waals surface area contributed by atoms with E-state index in [4.69, 9.17) is 33.9 Å². The van der Waals surface area contributed by atoms with E-state index in [0.717, 1.165) is 80.8 Å². The van der Waals surface area contributed by atoms with Crippen molar-refractivity contribution in [1.29, 1.82) is 0 Å². The van der Waals surface area contributed by atoms with E-state index in [1.807, 2.05) is 45.0 Å². The molecule has 2 aromatic heterocycles. The fourth-order valence-electron chi connectivity index (χ4n) is 9.71. The van der Waals surface area contributed by atoms with Crippen LogP contribution >= 0.6 is 0 Å². The van der Waals surface area contributed by atoms with E-state index in [2.05, 4.69) is 15.1 Å². The van der Waals surface area contributed by atoms with Crippen molar-refractivity contribution in [2.45, 2.75) is 95.3 Å². The van der Waals surface area contributed by atoms with Crippen LogP contribution < -0.4 is 19.7 Å². The van der Waals surface area contributed by atoms with Crippen molar-refractivity contribution in [3.8, 4) is 23.0 Å². The van der Waals surface area contributed by atoms with E-state index in [1.165, 1.54) is 0 Å². The number of nitrogens with zero attached hydrogens (tertiary/aromatic N) is 6. The summed E-state index contributed by atoms with van der Waals surface area (Å²) in [6, 6.07) is 9.24. The van der Waals surface area contributed by atoms with Gasteiger partial charge in [0.2, 0.25) is 6.41 Å². The number of pyridine rings is 1. The lowest BCUT2D eigenvalue weighted by atomic mass is 9.91. The smallest absolute Gasteiger partial charge is 0.415 e. The molecule has 0 saturated carbocycles. The summed E-state index contributed by atoms with van der Waals surface area (Å²) in [4.78, 5) is 46.1. The number of aromatic nitrogens is 3. The van der Waals surface area contributed by atoms with Crippen molar-refractivity contribution in [3.05, 3.63) is 47.9 Å². The van der Waals surface area contributed by atoms with Crippen LogP contribution in [0.25, 0.3) is 32.9 Å². The number of methoxy groups -OCH3 is 1. The van der Waals surface area contributed by atoms with Crippen molar-refractivity contribution in [2.24, 2.45) is 0 Å². The Balaban J connectivity index is 1.25. The second kappa shape index (κ2) is 16.3. The summed E-state index contributed by atoms with van der Waals surface area (Å²) in [5.74, 6) is 0.170. The molecule has 0 aliphatic carbocycles. The monoisotopic (exact) mass is 783 g/mol. The number of hydrogen-bond acceptors (Lipinski definition) is 11. The first-order valence-electron chi connectivity index (χ1n) is 20.5. The molecule has 2 aromatic carbocycles. The lowest BCUT2D eigenvalue weighted by molar-refractivity contribution is -0.111. The van der Waals surface area contributed by atoms with Gasteiger partial charge in [-0.1, -0.05) is 18.2 Å². The second-order valence-corrected chi connectivity index (χ2v) is 16.7. The summed E-state index contributed by atoms with van der Waals surface area (Å²) in [5.41, 5.74) is 1.09. The highest BCUT2D eigenvalue weighted by Crippen LogP contribution is 2.42. The Morgan fingerprint density at radius 2 is 1.84 bits per heavy atom. The zero-order valence-corrected chi connectivity index (χ0v) is 33.5. The summed E-state index contributed by atoms with van der Waals surface area (Å²) in [7, 11) is 1.67. The Labute approximate surface area is 333 Å². The molecule has 0 radical (unpaired) electrons. The first-order valence-corrected chi connectivity index (χ1v) is 20.5. The predicted octanol–water partition coefficient (Wildman–Crippen LogP) is 6.28. The molecule has 57 heavy (non-hydrogen) atoms. The Hall–Kier alpha value is -4.66. The highest BCUT2D eigenvalue weighted by Gasteiger charge is 2.45. The zero-order chi connectivity index (χ0) is 39.7. The molecule has 3 unspecified atom stereocenters. The van der Waals surface area contributed by atoms with Gasteiger partial charge in [0, 0.05) is 38.6 Å². The molecule has 8 rings (SSSR count). The standard InChI is InChI=1S/C43H54FN7O6/c1-28-23-55-24-29(2)51(28)41(53)57-32-20-31-11-5-10-30(12-6-19-54-4)35(31)33(21-32)37-36(44)38-34(22-45-37)39(49-16-7-13-42(3,25-49)46-27-52)48-40(47-38)56-26-43-14-8-17-50(43)18-9-15-43/h5,10-11,20-22,27-29H,6-9,12-19,23-26H2,1-4H3,(H,46,52). The van der Waals surface area contributed by atoms with Gasteiger partial charge in [-0.2, -0.15) is 9.97 Å². The zero-order valence-electron chi connectivity index (χ0n) is 33.5. The Morgan fingerprint density at radius 3 is 2.60 bits per heavy atom. The highest BCUT2D eigenvalue weighted by molar-refractivity contribution is 6.02. The molecule has 1 N–H and O–H groups in total. The summed E-state index contributed by atoms with van der Waals surface area (Å²) >= 11 is 0. The molecular weight excluding hydrogens is 730 g/mol. The van der Waals surface area contributed by atoms with Crippen LogP contribution in [0.5, 0.6) is 11.8 Å². The number of morpholine rings is 1. The van der Waals surface area contributed by atoms with Crippen LogP contribution in [-0.2, 0) is 20.7 Å². The number of amides is 2. The number of halogens is 1. The quantitative estimate of drug-likeness (QED) is 0.129. The maximum Gasteiger partial charge on any atom is 0.415 e. The van der Waals surface area contributed by atoms with Crippen molar-refractivity contribution in [1.82, 2.24) is 30.1 Å². The molecule has 0 bridgehead atoms. The number of aryl methyl sites for hydroxylation is 1. The average molecular weight is 784 g/mol. The largest absolute Gasteiger partial charge is 0.461 e. The van der Waals surface area contributed by atoms with Crippen LogP contribution in [0.4, 0.5) is 15.0 Å². The number of hydrogen-bond donors (Lipinski definition) is 1. The van der Waals surface area contributed by atoms with Gasteiger partial charge in [0.15, 0.2) is 5.82 Å². The first-order chi connectivity index (χ1) is 27.6. The van der Waals surface area contributed by atoms with Gasteiger partial charge in [0.25, 0.3) is 0 Å². The fraction of sp³-hybridized carbons (Fsp3) is 0.558. The number of rotatable bonds is 12. The fourth-order valence-corrected chi connectivity index (χ4v) is 9.71. The number of nitrogens with one attached hydrogen (secondary N) is 1. The molecule has 304 valence electrons. The third kappa shape index (κ3) is 7.71. The topological polar surface area (TPSA) is 131 Å². The van der Waals surface area contributed by atoms with Gasteiger partial charge in [0.05, 0.1) is 41.8 Å². The highest BCUT2D eigenvalue weighted by atomic mass is 19.1. The van der Waals surface area contributed by atoms with E-state index >= 15 is 4.39 Å². The maximum atomic E-state index is 17.6. The number of fused-ring (bicyclic) bond motifs is 3. The number of anilines is 1. The minimum atomic E-state index is -0.625. The number of piperidine rings is 1. The predicted molar refractivity (Wildman–Crippen MR) is 215 cm³/mol. The molecule has 6 heterocycles. The Morgan fingerprint density at radius 1 is 1.07 bits per heavy atom. The molecule has 4 aliphatic rings. The SMILES string of the molecule is COCCCc1cccc2cc(OC(=O)N3C(C)COCC3C)cc(-c3ncc4c(N5CCCC(C)(NC=O)C5)nc(OCC56CCCN5CCC6)nc4c3F)c12. The van der Waals surface area contributed by atoms with Crippen LogP contribution in [0.15, 0.2) is 36.5 Å². The lowest BCUT2D eigenvalue weighted by Crippen LogP contribution is -2.55. The molecular formula is C43H54FN7O6. The van der Waals surface area contributed by atoms with Crippen LogP contribution in [-0.4, -0.2) is 120 Å². The first kappa shape index (κ1) is 39.2. The molecule has 14 heteroatoms. The van der Waals surface area contributed by atoms with Gasteiger partial charge in [-0.25, -0.2) is 9.18 Å². The van der Waals surface area contributed by atoms with Crippen molar-refractivity contribution in [3.63, 3.8) is 0 Å². The van der Waals surface area contributed by atoms with Crippen molar-refractivity contribution < 1.29 is 32.9 Å². The van der Waals surface area contributed by atoms with Crippen LogP contribution in [0.1, 0.15) is 71.3 Å². The molecule has 13 nitrogen and oxygen atoms in total. The van der Waals surface area contributed by atoms with E-state index in [0.29, 0.717) is 62.7 Å². The van der Waals surface area contributed by atoms with E-state index in [-0.39, 0.29) is 40.6 Å². The lowest BCUT2D eigenvalue weighted by Gasteiger charge is -2.41. The summed E-state index contributed by atoms with van der Waals surface area (Å²) < 4.78 is 41.2. The van der Waals surface area contributed by atoms with E-state index < -0.39 is 17.4 Å². The second-order valence-electron chi connectivity index (χ2n) is 16.7. The maximum absolute atomic E-state index is 17.6. The van der Waals surface area contributed by atoms with Crippen molar-refractivity contribution in [2.75, 3.05) is 64.6 Å². The van der Waals surface area contributed by atoms with Gasteiger partial charge >= 0.3 is 12.1 Å². The van der Waals surface area contributed by atoms with Gasteiger partial charge in [-0.15, -0.1) is 0 Å². The summed E-state index contributed by atoms with van der Waals surface area (Å²) in [5, 5.41) is 5.04. The molecule has 4 aliphatic heterocycles. The third-order valence-corrected chi connectivity index (χ3v) is 12.5. The number of carbonyl (C=O) groups is 2. The van der Waals surface area contributed by atoms with E-state index in [1.54, 1.807) is 24.3 Å². The molecule has 4 saturated heterocycles. The van der Waals surface area contributed by atoms with Gasteiger partial charge in [-0.05, 0) is 114 Å². The summed E-state index contributed by atoms with van der Waals surface area (Å²) in [6.07, 6.45) is 9.24. The minimum absolute atomic E-state index is 0.0647. The molecule has 2 amide bonds. The van der Waals surface area contributed by atoms with Gasteiger partial charge < -0.3 is 29.2 Å². The molecule has 0 spiro atoms.